The summed E-state index contributed by atoms with van der Waals surface area (Å²) in [6, 6.07) is 10.4. The van der Waals surface area contributed by atoms with Crippen LogP contribution in [-0.2, 0) is 26.0 Å². The molecule has 1 heterocycles. The van der Waals surface area contributed by atoms with Gasteiger partial charge in [-0.05, 0) is 48.4 Å². The van der Waals surface area contributed by atoms with E-state index in [1.165, 1.54) is 24.3 Å². The van der Waals surface area contributed by atoms with Crippen molar-refractivity contribution in [3.63, 3.8) is 0 Å². The number of fused-ring (bicyclic) bond motifs is 1. The zero-order valence-electron chi connectivity index (χ0n) is 14.6. The molecule has 0 spiro atoms. The number of aliphatic carboxylic acids is 1. The number of carboxylic acid groups (broad SMARTS) is 1. The number of hydrogen-bond donors (Lipinski definition) is 4. The highest BCUT2D eigenvalue weighted by molar-refractivity contribution is 7.89. The Morgan fingerprint density at radius 2 is 1.89 bits per heavy atom. The van der Waals surface area contributed by atoms with Gasteiger partial charge in [0.1, 0.15) is 6.54 Å². The van der Waals surface area contributed by atoms with Crippen molar-refractivity contribution in [3.8, 4) is 0 Å². The second-order valence-electron chi connectivity index (χ2n) is 6.12. The number of aryl methyl sites for hydroxylation is 1. The third-order valence-electron chi connectivity index (χ3n) is 4.08. The van der Waals surface area contributed by atoms with Crippen molar-refractivity contribution < 1.29 is 27.9 Å². The second-order valence-corrected chi connectivity index (χ2v) is 7.89. The van der Waals surface area contributed by atoms with Gasteiger partial charge >= 0.3 is 5.97 Å². The first-order valence-electron chi connectivity index (χ1n) is 8.30. The minimum absolute atomic E-state index is 0.0702. The Bertz CT molecular complexity index is 1060. The Hall–Kier alpha value is -3.24. The normalized spacial score (nSPS) is 13.4. The van der Waals surface area contributed by atoms with Gasteiger partial charge in [0.2, 0.25) is 15.9 Å². The zero-order chi connectivity index (χ0) is 20.3. The van der Waals surface area contributed by atoms with Gasteiger partial charge in [-0.2, -0.15) is 4.72 Å². The van der Waals surface area contributed by atoms with E-state index in [0.29, 0.717) is 24.1 Å². The molecule has 0 radical (unpaired) electrons. The Kier molecular flexibility index (Phi) is 5.43. The first kappa shape index (κ1) is 19.5. The maximum atomic E-state index is 12.5. The molecule has 2 aromatic rings. The standard InChI is InChI=1S/C18H17N3O6S/c22-16-7-5-11-8-12(4-6-15(11)21-16)18(25)20-13-2-1-3-14(9-13)28(26,27)19-10-17(23)24/h1-4,6,8-9,19H,5,7,10H2,(H,20,25)(H,21,22)(H,23,24). The van der Waals surface area contributed by atoms with Crippen LogP contribution in [0.2, 0.25) is 0 Å². The number of carbonyl (C=O) groups excluding carboxylic acids is 2. The van der Waals surface area contributed by atoms with Crippen molar-refractivity contribution in [2.45, 2.75) is 17.7 Å². The van der Waals surface area contributed by atoms with Crippen LogP contribution in [-0.4, -0.2) is 37.9 Å². The van der Waals surface area contributed by atoms with Gasteiger partial charge in [-0.3, -0.25) is 14.4 Å². The second kappa shape index (κ2) is 7.79. The van der Waals surface area contributed by atoms with Crippen LogP contribution >= 0.6 is 0 Å². The molecule has 0 atom stereocenters. The molecule has 146 valence electrons. The number of rotatable bonds is 6. The Morgan fingerprint density at radius 1 is 1.11 bits per heavy atom. The van der Waals surface area contributed by atoms with Crippen LogP contribution in [0.5, 0.6) is 0 Å². The van der Waals surface area contributed by atoms with E-state index in [-0.39, 0.29) is 16.5 Å². The highest BCUT2D eigenvalue weighted by Gasteiger charge is 2.18. The summed E-state index contributed by atoms with van der Waals surface area (Å²) in [4.78, 5) is 34.3. The van der Waals surface area contributed by atoms with Gasteiger partial charge in [0.15, 0.2) is 0 Å². The molecule has 1 aliphatic heterocycles. The van der Waals surface area contributed by atoms with Crippen LogP contribution < -0.4 is 15.4 Å². The van der Waals surface area contributed by atoms with Crippen molar-refractivity contribution in [2.24, 2.45) is 0 Å². The molecule has 0 fully saturated rings. The van der Waals surface area contributed by atoms with Gasteiger partial charge in [0, 0.05) is 23.4 Å². The molecule has 0 bridgehead atoms. The van der Waals surface area contributed by atoms with Crippen molar-refractivity contribution in [3.05, 3.63) is 53.6 Å². The van der Waals surface area contributed by atoms with Gasteiger partial charge in [0.25, 0.3) is 5.91 Å². The van der Waals surface area contributed by atoms with E-state index >= 15 is 0 Å². The number of anilines is 2. The van der Waals surface area contributed by atoms with E-state index in [1.54, 1.807) is 18.2 Å². The highest BCUT2D eigenvalue weighted by Crippen LogP contribution is 2.24. The monoisotopic (exact) mass is 403 g/mol. The molecule has 0 aliphatic carbocycles. The molecule has 9 nitrogen and oxygen atoms in total. The Labute approximate surface area is 160 Å². The topological polar surface area (TPSA) is 142 Å². The quantitative estimate of drug-likeness (QED) is 0.571. The molecule has 3 rings (SSSR count). The molecule has 0 aromatic heterocycles. The van der Waals surface area contributed by atoms with E-state index < -0.39 is 28.4 Å². The summed E-state index contributed by atoms with van der Waals surface area (Å²) >= 11 is 0. The van der Waals surface area contributed by atoms with Crippen LogP contribution in [0.4, 0.5) is 11.4 Å². The summed E-state index contributed by atoms with van der Waals surface area (Å²) in [6.45, 7) is -0.745. The van der Waals surface area contributed by atoms with Gasteiger partial charge in [-0.25, -0.2) is 8.42 Å². The average molecular weight is 403 g/mol. The minimum atomic E-state index is -4.02. The maximum Gasteiger partial charge on any atom is 0.318 e. The minimum Gasteiger partial charge on any atom is -0.480 e. The number of carboxylic acids is 1. The molecule has 10 heteroatoms. The molecule has 28 heavy (non-hydrogen) atoms. The number of amides is 2. The third kappa shape index (κ3) is 4.53. The molecule has 2 aromatic carbocycles. The summed E-state index contributed by atoms with van der Waals surface area (Å²) in [5.74, 6) is -1.82. The summed E-state index contributed by atoms with van der Waals surface area (Å²) in [5.41, 5.74) is 2.13. The summed E-state index contributed by atoms with van der Waals surface area (Å²) < 4.78 is 26.2. The van der Waals surface area contributed by atoms with Gasteiger partial charge in [0.05, 0.1) is 4.90 Å². The molecule has 4 N–H and O–H groups in total. The molecule has 0 saturated heterocycles. The van der Waals surface area contributed by atoms with E-state index in [2.05, 4.69) is 10.6 Å². The summed E-state index contributed by atoms with van der Waals surface area (Å²) in [5, 5.41) is 14.0. The van der Waals surface area contributed by atoms with E-state index in [9.17, 15) is 22.8 Å². The molecular formula is C18H17N3O6S. The lowest BCUT2D eigenvalue weighted by Gasteiger charge is -2.17. The fourth-order valence-electron chi connectivity index (χ4n) is 2.71. The first-order chi connectivity index (χ1) is 13.2. The SMILES string of the molecule is O=C(O)CNS(=O)(=O)c1cccc(NC(=O)c2ccc3c(c2)CCC(=O)N3)c1. The number of carbonyl (C=O) groups is 3. The lowest BCUT2D eigenvalue weighted by atomic mass is 10.00. The molecular weight excluding hydrogens is 386 g/mol. The smallest absolute Gasteiger partial charge is 0.318 e. The number of sulfonamides is 1. The number of nitrogens with one attached hydrogen (secondary N) is 3. The lowest BCUT2D eigenvalue weighted by molar-refractivity contribution is -0.135. The Morgan fingerprint density at radius 3 is 2.64 bits per heavy atom. The fraction of sp³-hybridized carbons (Fsp3) is 0.167. The van der Waals surface area contributed by atoms with Crippen molar-refractivity contribution in [2.75, 3.05) is 17.2 Å². The predicted octanol–water partition coefficient (Wildman–Crippen LogP) is 1.19. The highest BCUT2D eigenvalue weighted by atomic mass is 32.2. The molecule has 0 saturated carbocycles. The summed E-state index contributed by atoms with van der Waals surface area (Å²) in [6.07, 6.45) is 0.882. The van der Waals surface area contributed by atoms with E-state index in [1.807, 2.05) is 4.72 Å². The molecule has 1 aliphatic rings. The average Bonchev–Trinajstić information content (AvgIpc) is 2.66. The maximum absolute atomic E-state index is 12.5. The van der Waals surface area contributed by atoms with Gasteiger partial charge < -0.3 is 15.7 Å². The number of benzene rings is 2. The first-order valence-corrected chi connectivity index (χ1v) is 9.78. The van der Waals surface area contributed by atoms with E-state index in [0.717, 1.165) is 5.56 Å². The van der Waals surface area contributed by atoms with Crippen LogP contribution in [0.15, 0.2) is 47.4 Å². The van der Waals surface area contributed by atoms with Crippen LogP contribution in [0.25, 0.3) is 0 Å². The molecule has 2 amide bonds. The predicted molar refractivity (Wildman–Crippen MR) is 101 cm³/mol. The van der Waals surface area contributed by atoms with Crippen molar-refractivity contribution >= 4 is 39.2 Å². The largest absolute Gasteiger partial charge is 0.480 e. The van der Waals surface area contributed by atoms with Crippen molar-refractivity contribution in [1.82, 2.24) is 4.72 Å². The summed E-state index contributed by atoms with van der Waals surface area (Å²) in [7, 11) is -4.02. The van der Waals surface area contributed by atoms with Gasteiger partial charge in [-0.1, -0.05) is 6.07 Å². The van der Waals surface area contributed by atoms with Crippen LogP contribution in [0.3, 0.4) is 0 Å². The Balaban J connectivity index is 1.76. The van der Waals surface area contributed by atoms with Crippen LogP contribution in [0, 0.1) is 0 Å². The number of hydrogen-bond acceptors (Lipinski definition) is 5. The van der Waals surface area contributed by atoms with Crippen molar-refractivity contribution in [1.29, 1.82) is 0 Å². The van der Waals surface area contributed by atoms with Crippen LogP contribution in [0.1, 0.15) is 22.3 Å². The third-order valence-corrected chi connectivity index (χ3v) is 5.48. The van der Waals surface area contributed by atoms with E-state index in [4.69, 9.17) is 5.11 Å². The molecule has 0 unspecified atom stereocenters. The van der Waals surface area contributed by atoms with Gasteiger partial charge in [-0.15, -0.1) is 0 Å². The zero-order valence-corrected chi connectivity index (χ0v) is 15.4. The fourth-order valence-corrected chi connectivity index (χ4v) is 3.73. The lowest BCUT2D eigenvalue weighted by Crippen LogP contribution is -2.29.